The summed E-state index contributed by atoms with van der Waals surface area (Å²) in [5.41, 5.74) is 2.89. The number of phenols is 1. The fourth-order valence-corrected chi connectivity index (χ4v) is 4.93. The number of amides is 1. The smallest absolute Gasteiger partial charge is 0.409 e. The predicted octanol–water partition coefficient (Wildman–Crippen LogP) is 4.27. The Hall–Kier alpha value is -3.98. The number of nitrogens with zero attached hydrogens (tertiary/aromatic N) is 3. The lowest BCUT2D eigenvalue weighted by Crippen LogP contribution is -2.48. The molecule has 0 radical (unpaired) electrons. The molecule has 1 amide bonds. The number of phenolic OH excluding ortho intramolecular Hbond substituents is 1. The maximum Gasteiger partial charge on any atom is 0.409 e. The van der Waals surface area contributed by atoms with Crippen LogP contribution in [0.2, 0.25) is 0 Å². The van der Waals surface area contributed by atoms with Crippen LogP contribution in [0.15, 0.2) is 42.3 Å². The lowest BCUT2D eigenvalue weighted by atomic mass is 10.0. The first-order valence-corrected chi connectivity index (χ1v) is 12.5. The Balaban J connectivity index is 1.40. The van der Waals surface area contributed by atoms with Crippen molar-refractivity contribution in [2.45, 2.75) is 26.9 Å². The molecule has 0 bridgehead atoms. The highest BCUT2D eigenvalue weighted by atomic mass is 16.6. The van der Waals surface area contributed by atoms with Gasteiger partial charge in [-0.05, 0) is 50.3 Å². The zero-order valence-corrected chi connectivity index (χ0v) is 21.3. The van der Waals surface area contributed by atoms with Gasteiger partial charge in [-0.3, -0.25) is 9.69 Å². The van der Waals surface area contributed by atoms with Gasteiger partial charge >= 0.3 is 6.09 Å². The van der Waals surface area contributed by atoms with E-state index in [1.54, 1.807) is 37.1 Å². The van der Waals surface area contributed by atoms with Crippen molar-refractivity contribution in [2.75, 3.05) is 39.9 Å². The Labute approximate surface area is 215 Å². The summed E-state index contributed by atoms with van der Waals surface area (Å²) in [6.07, 6.45) is 3.45. The average Bonchev–Trinajstić information content (AvgIpc) is 3.42. The highest BCUT2D eigenvalue weighted by molar-refractivity contribution is 6.15. The summed E-state index contributed by atoms with van der Waals surface area (Å²) in [5, 5.41) is 11.6. The van der Waals surface area contributed by atoms with E-state index in [1.165, 1.54) is 0 Å². The van der Waals surface area contributed by atoms with Crippen LogP contribution < -0.4 is 9.47 Å². The summed E-state index contributed by atoms with van der Waals surface area (Å²) in [6.45, 7) is 7.69. The molecule has 5 rings (SSSR count). The van der Waals surface area contributed by atoms with E-state index in [2.05, 4.69) is 16.4 Å². The highest BCUT2D eigenvalue weighted by Crippen LogP contribution is 2.41. The molecule has 0 spiro atoms. The fraction of sp³-hybridized carbons (Fsp3) is 0.357. The van der Waals surface area contributed by atoms with Crippen molar-refractivity contribution in [1.29, 1.82) is 0 Å². The molecule has 37 heavy (non-hydrogen) atoms. The van der Waals surface area contributed by atoms with Crippen LogP contribution in [0.4, 0.5) is 4.79 Å². The second kappa shape index (κ2) is 10.2. The summed E-state index contributed by atoms with van der Waals surface area (Å²) in [6, 6.07) is 9.02. The molecule has 1 saturated heterocycles. The van der Waals surface area contributed by atoms with Gasteiger partial charge in [0.25, 0.3) is 0 Å². The number of methoxy groups -OCH3 is 1. The quantitative estimate of drug-likeness (QED) is 0.500. The number of aromatic hydroxyl groups is 1. The van der Waals surface area contributed by atoms with Crippen LogP contribution in [-0.4, -0.2) is 71.2 Å². The van der Waals surface area contributed by atoms with Gasteiger partial charge in [-0.2, -0.15) is 0 Å². The number of carbonyl (C=O) groups is 2. The monoisotopic (exact) mass is 505 g/mol. The Morgan fingerprint density at radius 2 is 1.92 bits per heavy atom. The molecule has 1 N–H and O–H groups in total. The van der Waals surface area contributed by atoms with Crippen molar-refractivity contribution >= 4 is 28.9 Å². The fourth-order valence-electron chi connectivity index (χ4n) is 4.93. The number of fused-ring (bicyclic) bond motifs is 2. The minimum Gasteiger partial charge on any atom is -0.507 e. The molecule has 2 aliphatic heterocycles. The standard InChI is InChI=1S/C28H31N3O6/c1-4-30-16-18(21-15-19(35-3)6-8-23(21)30)14-25-26(33)20-7-9-24(32)22(27(20)37-25)17-29-10-12-31(13-11-29)28(34)36-5-2/h6-9,14-16,32H,4-5,10-13,17H2,1-3H3/b25-14+. The molecule has 0 saturated carbocycles. The Kier molecular flexibility index (Phi) is 6.80. The van der Waals surface area contributed by atoms with Gasteiger partial charge in [0, 0.05) is 61.9 Å². The number of hydrogen-bond acceptors (Lipinski definition) is 7. The van der Waals surface area contributed by atoms with Gasteiger partial charge in [-0.1, -0.05) is 0 Å². The number of aryl methyl sites for hydroxylation is 1. The Morgan fingerprint density at radius 1 is 1.14 bits per heavy atom. The third-order valence-corrected chi connectivity index (χ3v) is 6.94. The summed E-state index contributed by atoms with van der Waals surface area (Å²) >= 11 is 0. The second-order valence-corrected chi connectivity index (χ2v) is 9.10. The number of ketones is 1. The van der Waals surface area contributed by atoms with Gasteiger partial charge in [0.1, 0.15) is 17.2 Å². The van der Waals surface area contributed by atoms with Crippen LogP contribution in [0.1, 0.15) is 35.3 Å². The van der Waals surface area contributed by atoms with Crippen molar-refractivity contribution in [3.8, 4) is 17.2 Å². The number of Topliss-reactive ketones (excluding diaryl/α,β-unsaturated/α-hetero) is 1. The maximum atomic E-state index is 13.3. The molecule has 9 nitrogen and oxygen atoms in total. The average molecular weight is 506 g/mol. The van der Waals surface area contributed by atoms with Gasteiger partial charge < -0.3 is 28.8 Å². The van der Waals surface area contributed by atoms with Crippen LogP contribution in [0, 0.1) is 0 Å². The van der Waals surface area contributed by atoms with E-state index in [0.29, 0.717) is 56.2 Å². The van der Waals surface area contributed by atoms with Crippen molar-refractivity contribution < 1.29 is 28.9 Å². The minimum atomic E-state index is -0.309. The molecule has 0 atom stereocenters. The summed E-state index contributed by atoms with van der Waals surface area (Å²) < 4.78 is 18.7. The largest absolute Gasteiger partial charge is 0.507 e. The number of benzene rings is 2. The van der Waals surface area contributed by atoms with Crippen molar-refractivity contribution in [3.05, 3.63) is 59.0 Å². The Bertz CT molecular complexity index is 1380. The van der Waals surface area contributed by atoms with E-state index in [1.807, 2.05) is 24.4 Å². The number of piperazine rings is 1. The van der Waals surface area contributed by atoms with Gasteiger partial charge in [0.15, 0.2) is 5.76 Å². The molecule has 3 aromatic rings. The number of rotatable bonds is 6. The van der Waals surface area contributed by atoms with E-state index < -0.39 is 0 Å². The molecule has 1 fully saturated rings. The first kappa shape index (κ1) is 24.7. The molecule has 1 aromatic heterocycles. The minimum absolute atomic E-state index is 0.0768. The third kappa shape index (κ3) is 4.62. The molecule has 2 aromatic carbocycles. The molecule has 194 valence electrons. The van der Waals surface area contributed by atoms with Crippen LogP contribution in [-0.2, 0) is 17.8 Å². The second-order valence-electron chi connectivity index (χ2n) is 9.10. The first-order chi connectivity index (χ1) is 17.9. The lowest BCUT2D eigenvalue weighted by Gasteiger charge is -2.34. The molecule has 0 aliphatic carbocycles. The topological polar surface area (TPSA) is 93.5 Å². The van der Waals surface area contributed by atoms with E-state index >= 15 is 0 Å². The number of allylic oxidation sites excluding steroid dienone is 1. The molecule has 3 heterocycles. The summed E-state index contributed by atoms with van der Waals surface area (Å²) in [7, 11) is 1.63. The number of ether oxygens (including phenoxy) is 3. The zero-order chi connectivity index (χ0) is 26.1. The van der Waals surface area contributed by atoms with E-state index in [4.69, 9.17) is 14.2 Å². The van der Waals surface area contributed by atoms with Crippen molar-refractivity contribution in [1.82, 2.24) is 14.4 Å². The van der Waals surface area contributed by atoms with Crippen LogP contribution in [0.25, 0.3) is 17.0 Å². The molecular weight excluding hydrogens is 474 g/mol. The number of aromatic nitrogens is 1. The van der Waals surface area contributed by atoms with Crippen molar-refractivity contribution in [3.63, 3.8) is 0 Å². The van der Waals surface area contributed by atoms with Gasteiger partial charge in [-0.15, -0.1) is 0 Å². The van der Waals surface area contributed by atoms with E-state index in [9.17, 15) is 14.7 Å². The summed E-state index contributed by atoms with van der Waals surface area (Å²) in [4.78, 5) is 29.1. The predicted molar refractivity (Wildman–Crippen MR) is 139 cm³/mol. The SMILES string of the molecule is CCOC(=O)N1CCN(Cc2c(O)ccc3c2O/C(=C/c2cn(CC)c4ccc(OC)cc24)C3=O)CC1. The van der Waals surface area contributed by atoms with Crippen LogP contribution in [0.5, 0.6) is 17.2 Å². The molecule has 9 heteroatoms. The van der Waals surface area contributed by atoms with Gasteiger partial charge in [0.2, 0.25) is 5.78 Å². The molecule has 0 unspecified atom stereocenters. The van der Waals surface area contributed by atoms with Crippen molar-refractivity contribution in [2.24, 2.45) is 0 Å². The first-order valence-electron chi connectivity index (χ1n) is 12.5. The highest BCUT2D eigenvalue weighted by Gasteiger charge is 2.33. The third-order valence-electron chi connectivity index (χ3n) is 6.94. The molecular formula is C28H31N3O6. The number of hydrogen-bond donors (Lipinski definition) is 1. The maximum absolute atomic E-state index is 13.3. The summed E-state index contributed by atoms with van der Waals surface area (Å²) in [5.74, 6) is 1.20. The molecule has 2 aliphatic rings. The lowest BCUT2D eigenvalue weighted by molar-refractivity contribution is 0.0774. The normalized spacial score (nSPS) is 16.8. The zero-order valence-electron chi connectivity index (χ0n) is 21.3. The van der Waals surface area contributed by atoms with Gasteiger partial charge in [0.05, 0.1) is 24.8 Å². The van der Waals surface area contributed by atoms with Crippen LogP contribution >= 0.6 is 0 Å². The van der Waals surface area contributed by atoms with E-state index in [0.717, 1.165) is 28.8 Å². The number of carbonyl (C=O) groups excluding carboxylic acids is 2. The van der Waals surface area contributed by atoms with E-state index in [-0.39, 0.29) is 23.4 Å². The Morgan fingerprint density at radius 3 is 2.62 bits per heavy atom. The van der Waals surface area contributed by atoms with Crippen LogP contribution in [0.3, 0.4) is 0 Å². The van der Waals surface area contributed by atoms with Gasteiger partial charge in [-0.25, -0.2) is 4.79 Å².